The van der Waals surface area contributed by atoms with E-state index in [9.17, 15) is 24.1 Å². The maximum atomic E-state index is 13.8. The third kappa shape index (κ3) is 5.63. The summed E-state index contributed by atoms with van der Waals surface area (Å²) in [5.41, 5.74) is 1.56. The number of carbonyl (C=O) groups excluding carboxylic acids is 2. The number of nitro groups is 1. The van der Waals surface area contributed by atoms with Crippen molar-refractivity contribution in [1.82, 2.24) is 15.1 Å². The number of aromatic nitrogens is 2. The first-order valence-corrected chi connectivity index (χ1v) is 13.0. The molecule has 0 aliphatic carbocycles. The summed E-state index contributed by atoms with van der Waals surface area (Å²) in [6.07, 6.45) is 2.26. The number of hydrogen-bond donors (Lipinski definition) is 2. The maximum absolute atomic E-state index is 13.8. The fourth-order valence-electron chi connectivity index (χ4n) is 4.62. The van der Waals surface area contributed by atoms with Gasteiger partial charge in [-0.15, -0.1) is 0 Å². The van der Waals surface area contributed by atoms with Crippen LogP contribution in [0.4, 0.5) is 15.8 Å². The number of benzene rings is 3. The van der Waals surface area contributed by atoms with Gasteiger partial charge < -0.3 is 15.4 Å². The number of nitrogens with zero attached hydrogens (tertiary/aromatic N) is 3. The number of ether oxygens (including phenoxy) is 1. The Morgan fingerprint density at radius 2 is 1.93 bits per heavy atom. The van der Waals surface area contributed by atoms with Crippen LogP contribution in [0.5, 0.6) is 0 Å². The Labute approximate surface area is 236 Å². The second kappa shape index (κ2) is 11.0. The molecular weight excluding hydrogens is 585 g/mol. The van der Waals surface area contributed by atoms with E-state index in [1.807, 2.05) is 24.3 Å². The third-order valence-corrected chi connectivity index (χ3v) is 7.01. The van der Waals surface area contributed by atoms with E-state index in [-0.39, 0.29) is 36.7 Å². The molecule has 204 valence electrons. The van der Waals surface area contributed by atoms with Gasteiger partial charge in [0.2, 0.25) is 11.8 Å². The molecule has 1 aliphatic rings. The first-order chi connectivity index (χ1) is 19.1. The molecule has 0 radical (unpaired) electrons. The molecule has 2 N–H and O–H groups in total. The van der Waals surface area contributed by atoms with Crippen LogP contribution in [0.15, 0.2) is 77.4 Å². The Kier molecular flexibility index (Phi) is 7.46. The Balaban J connectivity index is 1.56. The molecule has 1 aliphatic heterocycles. The number of rotatable bonds is 8. The SMILES string of the molecule is CC(=O)Nc1ccc(CCC2(c3cn(-c4ccc(Br)cc4)nc3-c3ccc(F)cc3)NC(=O)CO2)cc1[N+](=O)[O-]. The van der Waals surface area contributed by atoms with Crippen LogP contribution in [0.25, 0.3) is 16.9 Å². The molecule has 0 bridgehead atoms. The van der Waals surface area contributed by atoms with Crippen LogP contribution in [-0.2, 0) is 26.5 Å². The number of amides is 2. The molecular formula is C28H23BrFN5O5. The molecule has 2 heterocycles. The lowest BCUT2D eigenvalue weighted by Gasteiger charge is -2.28. The van der Waals surface area contributed by atoms with Crippen LogP contribution in [0.3, 0.4) is 0 Å². The van der Waals surface area contributed by atoms with Gasteiger partial charge in [-0.1, -0.05) is 22.0 Å². The van der Waals surface area contributed by atoms with Gasteiger partial charge in [-0.2, -0.15) is 5.10 Å². The summed E-state index contributed by atoms with van der Waals surface area (Å²) >= 11 is 3.43. The smallest absolute Gasteiger partial charge is 0.293 e. The number of anilines is 1. The topological polar surface area (TPSA) is 128 Å². The van der Waals surface area contributed by atoms with E-state index in [0.717, 1.165) is 10.2 Å². The lowest BCUT2D eigenvalue weighted by atomic mass is 9.93. The molecule has 1 fully saturated rings. The van der Waals surface area contributed by atoms with Crippen molar-refractivity contribution in [2.24, 2.45) is 0 Å². The van der Waals surface area contributed by atoms with Crippen LogP contribution < -0.4 is 10.6 Å². The molecule has 1 aromatic heterocycles. The van der Waals surface area contributed by atoms with Crippen molar-refractivity contribution in [1.29, 1.82) is 0 Å². The Bertz CT molecular complexity index is 1610. The number of carbonyl (C=O) groups is 2. The van der Waals surface area contributed by atoms with Gasteiger partial charge in [-0.25, -0.2) is 9.07 Å². The van der Waals surface area contributed by atoms with Gasteiger partial charge in [0.15, 0.2) is 5.72 Å². The normalized spacial score (nSPS) is 16.5. The molecule has 1 atom stereocenters. The molecule has 4 aromatic rings. The summed E-state index contributed by atoms with van der Waals surface area (Å²) in [5, 5.41) is 21.8. The minimum atomic E-state index is -1.31. The number of halogens is 2. The number of nitro benzene ring substituents is 1. The lowest BCUT2D eigenvalue weighted by molar-refractivity contribution is -0.384. The van der Waals surface area contributed by atoms with Crippen LogP contribution in [0, 0.1) is 15.9 Å². The maximum Gasteiger partial charge on any atom is 0.293 e. The Morgan fingerprint density at radius 1 is 1.20 bits per heavy atom. The average Bonchev–Trinajstić information content (AvgIpc) is 3.53. The zero-order valence-corrected chi connectivity index (χ0v) is 22.8. The molecule has 12 heteroatoms. The van der Waals surface area contributed by atoms with Gasteiger partial charge in [0.05, 0.1) is 16.2 Å². The molecule has 2 amide bonds. The van der Waals surface area contributed by atoms with E-state index >= 15 is 0 Å². The summed E-state index contributed by atoms with van der Waals surface area (Å²) in [6, 6.07) is 17.9. The van der Waals surface area contributed by atoms with Gasteiger partial charge in [0.25, 0.3) is 5.69 Å². The molecule has 1 unspecified atom stereocenters. The monoisotopic (exact) mass is 607 g/mol. The molecule has 5 rings (SSSR count). The van der Waals surface area contributed by atoms with E-state index in [4.69, 9.17) is 9.84 Å². The molecule has 1 saturated heterocycles. The highest BCUT2D eigenvalue weighted by molar-refractivity contribution is 9.10. The third-order valence-electron chi connectivity index (χ3n) is 6.48. The zero-order valence-electron chi connectivity index (χ0n) is 21.2. The van der Waals surface area contributed by atoms with Crippen molar-refractivity contribution >= 4 is 39.1 Å². The van der Waals surface area contributed by atoms with Gasteiger partial charge in [-0.05, 0) is 66.6 Å². The van der Waals surface area contributed by atoms with E-state index in [1.165, 1.54) is 31.2 Å². The van der Waals surface area contributed by atoms with E-state index in [0.29, 0.717) is 22.4 Å². The highest BCUT2D eigenvalue weighted by Gasteiger charge is 2.44. The molecule has 3 aromatic carbocycles. The summed E-state index contributed by atoms with van der Waals surface area (Å²) in [6.45, 7) is 1.09. The van der Waals surface area contributed by atoms with Crippen molar-refractivity contribution in [3.63, 3.8) is 0 Å². The molecule has 0 spiro atoms. The van der Waals surface area contributed by atoms with Crippen molar-refractivity contribution in [3.8, 4) is 16.9 Å². The highest BCUT2D eigenvalue weighted by Crippen LogP contribution is 2.39. The van der Waals surface area contributed by atoms with Crippen LogP contribution in [-0.4, -0.2) is 33.1 Å². The summed E-state index contributed by atoms with van der Waals surface area (Å²) < 4.78 is 22.4. The largest absolute Gasteiger partial charge is 0.341 e. The standard InChI is InChI=1S/C28H23BrFN5O5/c1-17(36)31-24-11-2-18(14-25(24)35(38)39)12-13-28(32-26(37)16-40-28)23-15-34(22-9-5-20(29)6-10-22)33-27(23)19-3-7-21(30)8-4-19/h2-11,14-15H,12-13,16H2,1H3,(H,31,36)(H,32,37). The highest BCUT2D eigenvalue weighted by atomic mass is 79.9. The van der Waals surface area contributed by atoms with Gasteiger partial charge in [-0.3, -0.25) is 19.7 Å². The first kappa shape index (κ1) is 27.2. The van der Waals surface area contributed by atoms with Crippen LogP contribution in [0.2, 0.25) is 0 Å². The predicted molar refractivity (Wildman–Crippen MR) is 148 cm³/mol. The Morgan fingerprint density at radius 3 is 2.55 bits per heavy atom. The van der Waals surface area contributed by atoms with Gasteiger partial charge in [0.1, 0.15) is 23.8 Å². The summed E-state index contributed by atoms with van der Waals surface area (Å²) in [7, 11) is 0. The first-order valence-electron chi connectivity index (χ1n) is 12.3. The van der Waals surface area contributed by atoms with Crippen molar-refractivity contribution in [2.45, 2.75) is 25.5 Å². The molecule has 40 heavy (non-hydrogen) atoms. The minimum absolute atomic E-state index is 0.0933. The van der Waals surface area contributed by atoms with Crippen LogP contribution in [0.1, 0.15) is 24.5 Å². The van der Waals surface area contributed by atoms with E-state index in [1.54, 1.807) is 29.1 Å². The Hall–Kier alpha value is -4.42. The lowest BCUT2D eigenvalue weighted by Crippen LogP contribution is -2.40. The summed E-state index contributed by atoms with van der Waals surface area (Å²) in [4.78, 5) is 35.1. The number of hydrogen-bond acceptors (Lipinski definition) is 6. The second-order valence-electron chi connectivity index (χ2n) is 9.27. The quantitative estimate of drug-likeness (QED) is 0.208. The fourth-order valence-corrected chi connectivity index (χ4v) is 4.88. The minimum Gasteiger partial charge on any atom is -0.341 e. The van der Waals surface area contributed by atoms with Gasteiger partial charge in [0, 0.05) is 35.6 Å². The van der Waals surface area contributed by atoms with Crippen molar-refractivity contribution in [2.75, 3.05) is 11.9 Å². The average molecular weight is 608 g/mol. The summed E-state index contributed by atoms with van der Waals surface area (Å²) in [5.74, 6) is -1.15. The molecule has 0 saturated carbocycles. The molecule has 10 nitrogen and oxygen atoms in total. The van der Waals surface area contributed by atoms with Crippen molar-refractivity contribution < 1.29 is 23.6 Å². The number of nitrogens with one attached hydrogen (secondary N) is 2. The number of aryl methyl sites for hydroxylation is 1. The zero-order chi connectivity index (χ0) is 28.4. The fraction of sp³-hybridized carbons (Fsp3) is 0.179. The second-order valence-corrected chi connectivity index (χ2v) is 10.2. The predicted octanol–water partition coefficient (Wildman–Crippen LogP) is 5.24. The van der Waals surface area contributed by atoms with Crippen molar-refractivity contribution in [3.05, 3.63) is 104 Å². The van der Waals surface area contributed by atoms with E-state index < -0.39 is 22.4 Å². The van der Waals surface area contributed by atoms with Gasteiger partial charge >= 0.3 is 0 Å². The van der Waals surface area contributed by atoms with Crippen LogP contribution >= 0.6 is 15.9 Å². The van der Waals surface area contributed by atoms with E-state index in [2.05, 4.69) is 26.6 Å².